The lowest BCUT2D eigenvalue weighted by Crippen LogP contribution is -2.55. The molecule has 0 N–H and O–H groups in total. The van der Waals surface area contributed by atoms with Crippen LogP contribution in [0.4, 0.5) is 0 Å². The molecule has 1 amide bonds. The van der Waals surface area contributed by atoms with Crippen LogP contribution >= 0.6 is 0 Å². The van der Waals surface area contributed by atoms with E-state index in [1.54, 1.807) is 11.0 Å². The highest BCUT2D eigenvalue weighted by atomic mass is 16.5. The van der Waals surface area contributed by atoms with E-state index in [1.165, 1.54) is 6.08 Å². The van der Waals surface area contributed by atoms with Gasteiger partial charge in [0.15, 0.2) is 0 Å². The van der Waals surface area contributed by atoms with Crippen LogP contribution in [0.2, 0.25) is 0 Å². The van der Waals surface area contributed by atoms with Gasteiger partial charge in [-0.25, -0.2) is 0 Å². The molecule has 0 radical (unpaired) electrons. The van der Waals surface area contributed by atoms with Crippen LogP contribution in [-0.4, -0.2) is 40.2 Å². The van der Waals surface area contributed by atoms with E-state index in [4.69, 9.17) is 4.74 Å². The van der Waals surface area contributed by atoms with Gasteiger partial charge in [0, 0.05) is 6.07 Å². The number of amides is 1. The number of nitrogens with zero attached hydrogens (tertiary/aromatic N) is 3. The van der Waals surface area contributed by atoms with Crippen LogP contribution in [0.25, 0.3) is 0 Å². The maximum Gasteiger partial charge on any atom is 0.246 e. The van der Waals surface area contributed by atoms with Gasteiger partial charge in [0.05, 0.1) is 18.8 Å². The number of aryl methyl sites for hydroxylation is 1. The van der Waals surface area contributed by atoms with Crippen molar-refractivity contribution in [1.82, 2.24) is 15.1 Å². The lowest BCUT2D eigenvalue weighted by atomic mass is 10.1. The maximum atomic E-state index is 11.2. The summed E-state index contributed by atoms with van der Waals surface area (Å²) in [6, 6.07) is 3.62. The predicted molar refractivity (Wildman–Crippen MR) is 58.0 cm³/mol. The normalized spacial score (nSPS) is 15.4. The Kier molecular flexibility index (Phi) is 2.85. The van der Waals surface area contributed by atoms with Gasteiger partial charge in [0.25, 0.3) is 0 Å². The van der Waals surface area contributed by atoms with E-state index in [0.29, 0.717) is 19.0 Å². The van der Waals surface area contributed by atoms with Gasteiger partial charge >= 0.3 is 0 Å². The van der Waals surface area contributed by atoms with Gasteiger partial charge in [0.1, 0.15) is 6.10 Å². The highest BCUT2D eigenvalue weighted by Gasteiger charge is 2.31. The molecule has 0 aromatic carbocycles. The van der Waals surface area contributed by atoms with Crippen LogP contribution in [0.1, 0.15) is 5.69 Å². The van der Waals surface area contributed by atoms with Gasteiger partial charge in [-0.05, 0) is 19.1 Å². The minimum absolute atomic E-state index is 0.0147. The quantitative estimate of drug-likeness (QED) is 0.697. The first-order valence-corrected chi connectivity index (χ1v) is 5.07. The molecule has 1 aromatic rings. The molecule has 2 rings (SSSR count). The van der Waals surface area contributed by atoms with Crippen molar-refractivity contribution in [2.24, 2.45) is 0 Å². The molecule has 0 bridgehead atoms. The molecule has 1 aliphatic heterocycles. The van der Waals surface area contributed by atoms with Crippen molar-refractivity contribution in [3.05, 3.63) is 30.5 Å². The van der Waals surface area contributed by atoms with E-state index < -0.39 is 0 Å². The Balaban J connectivity index is 1.83. The molecular formula is C11H13N3O2. The van der Waals surface area contributed by atoms with Crippen molar-refractivity contribution in [2.45, 2.75) is 13.0 Å². The maximum absolute atomic E-state index is 11.2. The fourth-order valence-corrected chi connectivity index (χ4v) is 1.44. The minimum atomic E-state index is -0.0603. The molecule has 2 heterocycles. The van der Waals surface area contributed by atoms with Crippen molar-refractivity contribution in [3.8, 4) is 5.88 Å². The first-order chi connectivity index (χ1) is 7.69. The highest BCUT2D eigenvalue weighted by molar-refractivity contribution is 5.87. The second kappa shape index (κ2) is 4.30. The van der Waals surface area contributed by atoms with Crippen LogP contribution in [0.15, 0.2) is 24.8 Å². The molecule has 1 saturated heterocycles. The molecule has 5 nitrogen and oxygen atoms in total. The average Bonchev–Trinajstić information content (AvgIpc) is 2.24. The summed E-state index contributed by atoms with van der Waals surface area (Å²) in [4.78, 5) is 12.8. The Morgan fingerprint density at radius 3 is 2.88 bits per heavy atom. The van der Waals surface area contributed by atoms with E-state index in [1.807, 2.05) is 13.0 Å². The molecule has 0 saturated carbocycles. The van der Waals surface area contributed by atoms with E-state index in [0.717, 1.165) is 5.69 Å². The van der Waals surface area contributed by atoms with Crippen LogP contribution in [-0.2, 0) is 4.79 Å². The lowest BCUT2D eigenvalue weighted by molar-refractivity contribution is -0.134. The minimum Gasteiger partial charge on any atom is -0.469 e. The van der Waals surface area contributed by atoms with E-state index in [-0.39, 0.29) is 12.0 Å². The van der Waals surface area contributed by atoms with Crippen molar-refractivity contribution in [2.75, 3.05) is 13.1 Å². The number of carbonyl (C=O) groups excluding carboxylic acids is 1. The molecule has 0 spiro atoms. The molecule has 0 unspecified atom stereocenters. The number of hydrogen-bond acceptors (Lipinski definition) is 4. The summed E-state index contributed by atoms with van der Waals surface area (Å²) in [7, 11) is 0. The third-order valence-corrected chi connectivity index (χ3v) is 2.40. The third kappa shape index (κ3) is 2.18. The highest BCUT2D eigenvalue weighted by Crippen LogP contribution is 2.15. The van der Waals surface area contributed by atoms with Gasteiger partial charge in [-0.3, -0.25) is 4.79 Å². The molecule has 1 aromatic heterocycles. The van der Waals surface area contributed by atoms with Crippen LogP contribution in [0.5, 0.6) is 5.88 Å². The number of ether oxygens (including phenoxy) is 1. The zero-order valence-electron chi connectivity index (χ0n) is 9.09. The number of hydrogen-bond donors (Lipinski definition) is 0. The Morgan fingerprint density at radius 1 is 1.56 bits per heavy atom. The number of carbonyl (C=O) groups is 1. The van der Waals surface area contributed by atoms with Crippen molar-refractivity contribution < 1.29 is 9.53 Å². The average molecular weight is 219 g/mol. The Labute approximate surface area is 93.7 Å². The monoisotopic (exact) mass is 219 g/mol. The standard InChI is InChI=1S/C11H13N3O2/c1-3-11(15)14-6-9(7-14)16-10-5-4-8(2)12-13-10/h3-5,9H,1,6-7H2,2H3. The summed E-state index contributed by atoms with van der Waals surface area (Å²) >= 11 is 0. The summed E-state index contributed by atoms with van der Waals surface area (Å²) in [5.41, 5.74) is 0.851. The van der Waals surface area contributed by atoms with Gasteiger partial charge in [-0.1, -0.05) is 6.58 Å². The summed E-state index contributed by atoms with van der Waals surface area (Å²) in [5, 5.41) is 7.78. The molecule has 5 heteroatoms. The Hall–Kier alpha value is -1.91. The van der Waals surface area contributed by atoms with Gasteiger partial charge in [-0.15, -0.1) is 5.10 Å². The molecule has 16 heavy (non-hydrogen) atoms. The van der Waals surface area contributed by atoms with Crippen LogP contribution in [0, 0.1) is 6.92 Å². The van der Waals surface area contributed by atoms with Crippen molar-refractivity contribution >= 4 is 5.91 Å². The lowest BCUT2D eigenvalue weighted by Gasteiger charge is -2.37. The first-order valence-electron chi connectivity index (χ1n) is 5.07. The van der Waals surface area contributed by atoms with E-state index >= 15 is 0 Å². The van der Waals surface area contributed by atoms with E-state index in [9.17, 15) is 4.79 Å². The van der Waals surface area contributed by atoms with Crippen LogP contribution in [0.3, 0.4) is 0 Å². The SMILES string of the molecule is C=CC(=O)N1CC(Oc2ccc(C)nn2)C1. The Bertz CT molecular complexity index is 396. The number of rotatable bonds is 3. The van der Waals surface area contributed by atoms with Gasteiger partial charge in [0.2, 0.25) is 11.8 Å². The molecule has 84 valence electrons. The molecule has 1 fully saturated rings. The first kappa shape index (κ1) is 10.6. The summed E-state index contributed by atoms with van der Waals surface area (Å²) in [6.07, 6.45) is 1.32. The van der Waals surface area contributed by atoms with Crippen molar-refractivity contribution in [3.63, 3.8) is 0 Å². The summed E-state index contributed by atoms with van der Waals surface area (Å²) in [5.74, 6) is 0.441. The predicted octanol–water partition coefficient (Wildman–Crippen LogP) is 0.561. The third-order valence-electron chi connectivity index (χ3n) is 2.40. The number of likely N-dealkylation sites (tertiary alicyclic amines) is 1. The largest absolute Gasteiger partial charge is 0.469 e. The zero-order valence-corrected chi connectivity index (χ0v) is 9.09. The molecular weight excluding hydrogens is 206 g/mol. The smallest absolute Gasteiger partial charge is 0.246 e. The van der Waals surface area contributed by atoms with Crippen LogP contribution < -0.4 is 4.74 Å². The molecule has 0 aliphatic carbocycles. The van der Waals surface area contributed by atoms with Crippen molar-refractivity contribution in [1.29, 1.82) is 0 Å². The van der Waals surface area contributed by atoms with Gasteiger partial charge < -0.3 is 9.64 Å². The number of aromatic nitrogens is 2. The molecule has 1 aliphatic rings. The summed E-state index contributed by atoms with van der Waals surface area (Å²) < 4.78 is 5.53. The topological polar surface area (TPSA) is 55.3 Å². The van der Waals surface area contributed by atoms with Gasteiger partial charge in [-0.2, -0.15) is 5.10 Å². The summed E-state index contributed by atoms with van der Waals surface area (Å²) in [6.45, 7) is 6.46. The Morgan fingerprint density at radius 2 is 2.31 bits per heavy atom. The zero-order chi connectivity index (χ0) is 11.5. The second-order valence-corrected chi connectivity index (χ2v) is 3.70. The molecule has 0 atom stereocenters. The van der Waals surface area contributed by atoms with E-state index in [2.05, 4.69) is 16.8 Å². The fourth-order valence-electron chi connectivity index (χ4n) is 1.44. The second-order valence-electron chi connectivity index (χ2n) is 3.70. The fraction of sp³-hybridized carbons (Fsp3) is 0.364.